The molecule has 1 aromatic carbocycles. The van der Waals surface area contributed by atoms with Crippen molar-refractivity contribution >= 4 is 39.2 Å². The molecule has 0 aliphatic carbocycles. The van der Waals surface area contributed by atoms with Gasteiger partial charge < -0.3 is 10.1 Å². The number of piperidine rings is 1. The second kappa shape index (κ2) is 10.4. The molecular weight excluding hydrogens is 416 g/mol. The topological polar surface area (TPSA) is 92.8 Å². The molecule has 1 N–H and O–H groups in total. The van der Waals surface area contributed by atoms with Crippen molar-refractivity contribution in [1.29, 1.82) is 0 Å². The average molecular weight is 445 g/mol. The maximum Gasteiger partial charge on any atom is 0.306 e. The second-order valence-electron chi connectivity index (χ2n) is 7.66. The van der Waals surface area contributed by atoms with Crippen LogP contribution in [-0.2, 0) is 24.3 Å². The number of nitrogens with one attached hydrogen (secondary N) is 1. The van der Waals surface area contributed by atoms with Crippen LogP contribution in [0.15, 0.2) is 23.1 Å². The summed E-state index contributed by atoms with van der Waals surface area (Å²) in [5.74, 6) is -0.665. The van der Waals surface area contributed by atoms with Gasteiger partial charge in [0.05, 0.1) is 15.6 Å². The van der Waals surface area contributed by atoms with Gasteiger partial charge in [-0.15, -0.1) is 0 Å². The number of hydrogen-bond acceptors (Lipinski definition) is 5. The molecule has 1 fully saturated rings. The van der Waals surface area contributed by atoms with Crippen LogP contribution in [0.5, 0.6) is 0 Å². The molecule has 2 rings (SSSR count). The van der Waals surface area contributed by atoms with E-state index in [0.717, 1.165) is 19.3 Å². The Morgan fingerprint density at radius 3 is 2.45 bits per heavy atom. The monoisotopic (exact) mass is 444 g/mol. The van der Waals surface area contributed by atoms with E-state index in [4.69, 9.17) is 16.3 Å². The lowest BCUT2D eigenvalue weighted by Gasteiger charge is -2.26. The van der Waals surface area contributed by atoms with Crippen LogP contribution in [-0.4, -0.2) is 43.8 Å². The molecule has 0 saturated carbocycles. The Bertz CT molecular complexity index is 835. The number of hydrogen-bond donors (Lipinski definition) is 1. The van der Waals surface area contributed by atoms with Gasteiger partial charge in [0.25, 0.3) is 5.91 Å². The van der Waals surface area contributed by atoms with Crippen molar-refractivity contribution in [2.45, 2.75) is 63.9 Å². The predicted molar refractivity (Wildman–Crippen MR) is 112 cm³/mol. The molecule has 1 aliphatic heterocycles. The molecule has 0 aromatic heterocycles. The minimum absolute atomic E-state index is 0.0701. The number of halogens is 1. The first-order chi connectivity index (χ1) is 13.6. The Balaban J connectivity index is 2.07. The number of sulfonamides is 1. The maximum absolute atomic E-state index is 12.8. The molecule has 0 radical (unpaired) electrons. The predicted octanol–water partition coefficient (Wildman–Crippen LogP) is 3.82. The highest BCUT2D eigenvalue weighted by Gasteiger charge is 2.27. The van der Waals surface area contributed by atoms with E-state index in [2.05, 4.69) is 5.32 Å². The standard InChI is InChI=1S/C20H29ClN2O5S/c1-14(2)7-10-19(24)28-15(3)20(25)22-18-13-16(8-9-17(18)21)29(26,27)23-11-5-4-6-12-23/h8-9,13-15H,4-7,10-12H2,1-3H3,(H,22,25). The third kappa shape index (κ3) is 6.69. The molecule has 9 heteroatoms. The van der Waals surface area contributed by atoms with Crippen molar-refractivity contribution < 1.29 is 22.7 Å². The highest BCUT2D eigenvalue weighted by Crippen LogP contribution is 2.28. The zero-order chi connectivity index (χ0) is 21.6. The molecule has 162 valence electrons. The number of benzene rings is 1. The summed E-state index contributed by atoms with van der Waals surface area (Å²) in [7, 11) is -3.65. The summed E-state index contributed by atoms with van der Waals surface area (Å²) in [6.07, 6.45) is 2.57. The summed E-state index contributed by atoms with van der Waals surface area (Å²) in [5, 5.41) is 2.77. The van der Waals surface area contributed by atoms with Crippen molar-refractivity contribution in [3.63, 3.8) is 0 Å². The third-order valence-corrected chi connectivity index (χ3v) is 6.98. The summed E-state index contributed by atoms with van der Waals surface area (Å²) < 4.78 is 32.3. The molecule has 1 unspecified atom stereocenters. The molecule has 1 atom stereocenters. The highest BCUT2D eigenvalue weighted by molar-refractivity contribution is 7.89. The zero-order valence-electron chi connectivity index (χ0n) is 17.1. The van der Waals surface area contributed by atoms with Gasteiger partial charge in [0.15, 0.2) is 6.10 Å². The fraction of sp³-hybridized carbons (Fsp3) is 0.600. The molecule has 1 aromatic rings. The number of nitrogens with zero attached hydrogens (tertiary/aromatic N) is 1. The number of rotatable bonds is 8. The van der Waals surface area contributed by atoms with Gasteiger partial charge >= 0.3 is 5.97 Å². The third-order valence-electron chi connectivity index (χ3n) is 4.75. The molecule has 1 aliphatic rings. The van der Waals surface area contributed by atoms with E-state index in [0.29, 0.717) is 25.4 Å². The summed E-state index contributed by atoms with van der Waals surface area (Å²) in [6, 6.07) is 4.21. The van der Waals surface area contributed by atoms with Crippen molar-refractivity contribution in [1.82, 2.24) is 4.31 Å². The molecular formula is C20H29ClN2O5S. The Morgan fingerprint density at radius 1 is 1.17 bits per heavy atom. The summed E-state index contributed by atoms with van der Waals surface area (Å²) in [5.41, 5.74) is 0.167. The Kier molecular flexibility index (Phi) is 8.48. The number of amides is 1. The molecule has 1 heterocycles. The van der Waals surface area contributed by atoms with Gasteiger partial charge in [0.2, 0.25) is 10.0 Å². The van der Waals surface area contributed by atoms with Crippen LogP contribution in [0, 0.1) is 5.92 Å². The Morgan fingerprint density at radius 2 is 1.83 bits per heavy atom. The van der Waals surface area contributed by atoms with Crippen molar-refractivity contribution in [3.05, 3.63) is 23.2 Å². The smallest absolute Gasteiger partial charge is 0.306 e. The van der Waals surface area contributed by atoms with Crippen molar-refractivity contribution in [2.75, 3.05) is 18.4 Å². The van der Waals surface area contributed by atoms with Gasteiger partial charge in [-0.05, 0) is 50.3 Å². The van der Waals surface area contributed by atoms with E-state index in [9.17, 15) is 18.0 Å². The molecule has 29 heavy (non-hydrogen) atoms. The van der Waals surface area contributed by atoms with Gasteiger partial charge in [-0.2, -0.15) is 4.31 Å². The largest absolute Gasteiger partial charge is 0.453 e. The van der Waals surface area contributed by atoms with E-state index < -0.39 is 28.0 Å². The Hall–Kier alpha value is -1.64. The summed E-state index contributed by atoms with van der Waals surface area (Å²) in [4.78, 5) is 24.3. The summed E-state index contributed by atoms with van der Waals surface area (Å²) >= 11 is 6.14. The van der Waals surface area contributed by atoms with E-state index in [1.807, 2.05) is 13.8 Å². The van der Waals surface area contributed by atoms with Gasteiger partial charge in [-0.25, -0.2) is 8.42 Å². The number of carbonyl (C=O) groups excluding carboxylic acids is 2. The minimum atomic E-state index is -3.65. The first-order valence-corrected chi connectivity index (χ1v) is 11.7. The van der Waals surface area contributed by atoms with Crippen LogP contribution in [0.3, 0.4) is 0 Å². The van der Waals surface area contributed by atoms with Crippen LogP contribution >= 0.6 is 11.6 Å². The molecule has 1 amide bonds. The quantitative estimate of drug-likeness (QED) is 0.615. The fourth-order valence-electron chi connectivity index (χ4n) is 2.97. The fourth-order valence-corrected chi connectivity index (χ4v) is 4.67. The first kappa shape index (κ1) is 23.6. The zero-order valence-corrected chi connectivity index (χ0v) is 18.7. The lowest BCUT2D eigenvalue weighted by molar-refractivity contribution is -0.153. The lowest BCUT2D eigenvalue weighted by Crippen LogP contribution is -2.35. The minimum Gasteiger partial charge on any atom is -0.453 e. The summed E-state index contributed by atoms with van der Waals surface area (Å²) in [6.45, 7) is 6.42. The van der Waals surface area contributed by atoms with Crippen LogP contribution < -0.4 is 5.32 Å². The number of anilines is 1. The van der Waals surface area contributed by atoms with Crippen LogP contribution in [0.1, 0.15) is 52.9 Å². The van der Waals surface area contributed by atoms with Gasteiger partial charge in [0.1, 0.15) is 0 Å². The SMILES string of the molecule is CC(C)CCC(=O)OC(C)C(=O)Nc1cc(S(=O)(=O)N2CCCCC2)ccc1Cl. The lowest BCUT2D eigenvalue weighted by atomic mass is 10.1. The van der Waals surface area contributed by atoms with Gasteiger partial charge in [-0.1, -0.05) is 31.9 Å². The van der Waals surface area contributed by atoms with Gasteiger partial charge in [0, 0.05) is 19.5 Å². The average Bonchev–Trinajstić information content (AvgIpc) is 2.68. The number of ether oxygens (including phenoxy) is 1. The van der Waals surface area contributed by atoms with E-state index in [1.165, 1.54) is 29.4 Å². The van der Waals surface area contributed by atoms with Crippen molar-refractivity contribution in [2.24, 2.45) is 5.92 Å². The van der Waals surface area contributed by atoms with Crippen molar-refractivity contribution in [3.8, 4) is 0 Å². The van der Waals surface area contributed by atoms with E-state index >= 15 is 0 Å². The Labute approximate surface area is 177 Å². The molecule has 7 nitrogen and oxygen atoms in total. The van der Waals surface area contributed by atoms with Crippen LogP contribution in [0.4, 0.5) is 5.69 Å². The normalized spacial score (nSPS) is 16.4. The molecule has 1 saturated heterocycles. The first-order valence-electron chi connectivity index (χ1n) is 9.91. The second-order valence-corrected chi connectivity index (χ2v) is 10.0. The number of carbonyl (C=O) groups is 2. The number of esters is 1. The van der Waals surface area contributed by atoms with E-state index in [1.54, 1.807) is 0 Å². The molecule has 0 spiro atoms. The van der Waals surface area contributed by atoms with Gasteiger partial charge in [-0.3, -0.25) is 9.59 Å². The van der Waals surface area contributed by atoms with Crippen LogP contribution in [0.25, 0.3) is 0 Å². The van der Waals surface area contributed by atoms with E-state index in [-0.39, 0.29) is 22.0 Å². The molecule has 0 bridgehead atoms. The van der Waals surface area contributed by atoms with Crippen LogP contribution in [0.2, 0.25) is 5.02 Å². The maximum atomic E-state index is 12.8. The highest BCUT2D eigenvalue weighted by atomic mass is 35.5.